The van der Waals surface area contributed by atoms with Gasteiger partial charge < -0.3 is 5.01 Å². The van der Waals surface area contributed by atoms with Crippen LogP contribution < -0.4 is 5.01 Å². The quantitative estimate of drug-likeness (QED) is 0.866. The van der Waals surface area contributed by atoms with Crippen molar-refractivity contribution in [3.63, 3.8) is 0 Å². The van der Waals surface area contributed by atoms with E-state index >= 15 is 0 Å². The van der Waals surface area contributed by atoms with Crippen LogP contribution in [0.2, 0.25) is 0 Å². The standard InChI is InChI=1S/C12H19N7/c1-8(2)18(5)19-7-10(4)13-12(19)9(3)6-11-14-16-17-15-11/h7-8H,3,6H2,1-2,4-5H3,(H,14,15,16,17). The number of imidazole rings is 1. The molecule has 2 aromatic rings. The molecule has 2 rings (SSSR count). The molecule has 0 saturated carbocycles. The molecule has 0 aromatic carbocycles. The van der Waals surface area contributed by atoms with Gasteiger partial charge in [0.15, 0.2) is 11.6 Å². The average molecular weight is 261 g/mol. The van der Waals surface area contributed by atoms with Crippen molar-refractivity contribution in [2.24, 2.45) is 0 Å². The molecular formula is C12H19N7. The molecule has 0 radical (unpaired) electrons. The highest BCUT2D eigenvalue weighted by atomic mass is 15.6. The third-order valence-corrected chi connectivity index (χ3v) is 2.98. The van der Waals surface area contributed by atoms with E-state index in [0.29, 0.717) is 18.3 Å². The number of rotatable bonds is 5. The van der Waals surface area contributed by atoms with Gasteiger partial charge in [-0.05, 0) is 36.8 Å². The molecule has 102 valence electrons. The van der Waals surface area contributed by atoms with Crippen LogP contribution in [0, 0.1) is 6.92 Å². The van der Waals surface area contributed by atoms with Gasteiger partial charge in [0, 0.05) is 25.7 Å². The summed E-state index contributed by atoms with van der Waals surface area (Å²) in [6.07, 6.45) is 2.55. The van der Waals surface area contributed by atoms with E-state index < -0.39 is 0 Å². The van der Waals surface area contributed by atoms with Crippen molar-refractivity contribution < 1.29 is 0 Å². The Morgan fingerprint density at radius 1 is 1.53 bits per heavy atom. The third-order valence-electron chi connectivity index (χ3n) is 2.98. The zero-order valence-electron chi connectivity index (χ0n) is 11.8. The maximum atomic E-state index is 4.53. The summed E-state index contributed by atoms with van der Waals surface area (Å²) in [5, 5.41) is 15.8. The first-order valence-electron chi connectivity index (χ1n) is 6.19. The van der Waals surface area contributed by atoms with Crippen molar-refractivity contribution in [1.29, 1.82) is 0 Å². The molecule has 0 bridgehead atoms. The summed E-state index contributed by atoms with van der Waals surface area (Å²) in [6, 6.07) is 0.368. The van der Waals surface area contributed by atoms with E-state index in [0.717, 1.165) is 17.1 Å². The second-order valence-electron chi connectivity index (χ2n) is 4.85. The van der Waals surface area contributed by atoms with Gasteiger partial charge >= 0.3 is 0 Å². The van der Waals surface area contributed by atoms with Crippen molar-refractivity contribution in [3.05, 3.63) is 30.1 Å². The number of hydrogen-bond donors (Lipinski definition) is 1. The van der Waals surface area contributed by atoms with Gasteiger partial charge in [0.2, 0.25) is 0 Å². The number of allylic oxidation sites excluding steroid dienone is 1. The maximum absolute atomic E-state index is 4.53. The molecule has 7 nitrogen and oxygen atoms in total. The van der Waals surface area contributed by atoms with E-state index in [4.69, 9.17) is 0 Å². The predicted molar refractivity (Wildman–Crippen MR) is 73.2 cm³/mol. The van der Waals surface area contributed by atoms with E-state index in [1.807, 2.05) is 24.8 Å². The Morgan fingerprint density at radius 2 is 2.26 bits per heavy atom. The summed E-state index contributed by atoms with van der Waals surface area (Å²) < 4.78 is 2.02. The lowest BCUT2D eigenvalue weighted by atomic mass is 10.2. The first kappa shape index (κ1) is 13.3. The predicted octanol–water partition coefficient (Wildman–Crippen LogP) is 0.937. The smallest absolute Gasteiger partial charge is 0.154 e. The van der Waals surface area contributed by atoms with Crippen molar-refractivity contribution >= 4 is 5.57 Å². The highest BCUT2D eigenvalue weighted by molar-refractivity contribution is 5.59. The molecule has 19 heavy (non-hydrogen) atoms. The normalized spacial score (nSPS) is 11.0. The second-order valence-corrected chi connectivity index (χ2v) is 4.85. The van der Waals surface area contributed by atoms with Crippen LogP contribution in [0.3, 0.4) is 0 Å². The van der Waals surface area contributed by atoms with Crippen LogP contribution in [0.4, 0.5) is 0 Å². The van der Waals surface area contributed by atoms with Gasteiger partial charge in [-0.1, -0.05) is 6.58 Å². The molecule has 0 atom stereocenters. The molecule has 0 aliphatic rings. The average Bonchev–Trinajstić information content (AvgIpc) is 2.97. The lowest BCUT2D eigenvalue weighted by Gasteiger charge is -2.26. The molecular weight excluding hydrogens is 242 g/mol. The van der Waals surface area contributed by atoms with Gasteiger partial charge in [-0.2, -0.15) is 0 Å². The minimum atomic E-state index is 0.368. The minimum absolute atomic E-state index is 0.368. The molecule has 0 aliphatic heterocycles. The Labute approximate surface area is 112 Å². The van der Waals surface area contributed by atoms with Crippen LogP contribution in [0.1, 0.15) is 31.2 Å². The van der Waals surface area contributed by atoms with Gasteiger partial charge in [-0.15, -0.1) is 5.10 Å². The van der Waals surface area contributed by atoms with E-state index in [2.05, 4.69) is 51.0 Å². The van der Waals surface area contributed by atoms with Gasteiger partial charge in [0.25, 0.3) is 0 Å². The zero-order valence-corrected chi connectivity index (χ0v) is 11.8. The summed E-state index contributed by atoms with van der Waals surface area (Å²) in [5.74, 6) is 1.52. The summed E-state index contributed by atoms with van der Waals surface area (Å²) in [6.45, 7) is 10.3. The Bertz CT molecular complexity index is 553. The first-order valence-corrected chi connectivity index (χ1v) is 6.19. The van der Waals surface area contributed by atoms with Crippen molar-refractivity contribution in [2.75, 3.05) is 12.1 Å². The summed E-state index contributed by atoms with van der Waals surface area (Å²) >= 11 is 0. The Kier molecular flexibility index (Phi) is 3.64. The molecule has 0 spiro atoms. The van der Waals surface area contributed by atoms with Crippen molar-refractivity contribution in [1.82, 2.24) is 30.3 Å². The number of hydrogen-bond acceptors (Lipinski definition) is 5. The summed E-state index contributed by atoms with van der Waals surface area (Å²) in [4.78, 5) is 4.53. The fourth-order valence-electron chi connectivity index (χ4n) is 1.75. The third kappa shape index (κ3) is 2.81. The van der Waals surface area contributed by atoms with Gasteiger partial charge in [0.05, 0.1) is 5.69 Å². The Hall–Kier alpha value is -2.18. The maximum Gasteiger partial charge on any atom is 0.154 e. The number of aryl methyl sites for hydroxylation is 1. The van der Waals surface area contributed by atoms with Gasteiger partial charge in [-0.3, -0.25) is 0 Å². The van der Waals surface area contributed by atoms with Crippen molar-refractivity contribution in [3.8, 4) is 0 Å². The molecule has 0 amide bonds. The lowest BCUT2D eigenvalue weighted by molar-refractivity contribution is 0.565. The second kappa shape index (κ2) is 5.21. The van der Waals surface area contributed by atoms with Crippen molar-refractivity contribution in [2.45, 2.75) is 33.2 Å². The number of nitrogens with one attached hydrogen (secondary N) is 1. The largest absolute Gasteiger partial charge is 0.312 e. The topological polar surface area (TPSA) is 75.5 Å². The molecule has 0 aliphatic carbocycles. The molecule has 1 N–H and O–H groups in total. The monoisotopic (exact) mass is 261 g/mol. The van der Waals surface area contributed by atoms with E-state index in [-0.39, 0.29) is 0 Å². The summed E-state index contributed by atoms with van der Waals surface area (Å²) in [5.41, 5.74) is 1.83. The molecule has 0 unspecified atom stereocenters. The minimum Gasteiger partial charge on any atom is -0.312 e. The Morgan fingerprint density at radius 3 is 2.84 bits per heavy atom. The van der Waals surface area contributed by atoms with Gasteiger partial charge in [-0.25, -0.2) is 14.8 Å². The SMILES string of the molecule is C=C(Cc1nnn[nH]1)c1nc(C)cn1N(C)C(C)C. The van der Waals surface area contributed by atoms with Crippen LogP contribution in [0.5, 0.6) is 0 Å². The number of H-pyrrole nitrogens is 1. The van der Waals surface area contributed by atoms with E-state index in [9.17, 15) is 0 Å². The van der Waals surface area contributed by atoms with Crippen LogP contribution in [0.15, 0.2) is 12.8 Å². The Balaban J connectivity index is 2.26. The molecule has 0 fully saturated rings. The molecule has 7 heteroatoms. The van der Waals surface area contributed by atoms with Crippen LogP contribution in [0.25, 0.3) is 5.57 Å². The number of aromatic nitrogens is 6. The highest BCUT2D eigenvalue weighted by Gasteiger charge is 2.15. The number of tetrazole rings is 1. The van der Waals surface area contributed by atoms with Crippen LogP contribution >= 0.6 is 0 Å². The highest BCUT2D eigenvalue weighted by Crippen LogP contribution is 2.16. The molecule has 0 saturated heterocycles. The van der Waals surface area contributed by atoms with E-state index in [1.165, 1.54) is 0 Å². The summed E-state index contributed by atoms with van der Waals surface area (Å²) in [7, 11) is 2.03. The fraction of sp³-hybridized carbons (Fsp3) is 0.500. The number of nitrogens with zero attached hydrogens (tertiary/aromatic N) is 6. The fourth-order valence-corrected chi connectivity index (χ4v) is 1.75. The lowest BCUT2D eigenvalue weighted by Crippen LogP contribution is -2.37. The molecule has 2 heterocycles. The molecule has 2 aromatic heterocycles. The van der Waals surface area contributed by atoms with Gasteiger partial charge in [0.1, 0.15) is 0 Å². The van der Waals surface area contributed by atoms with Crippen LogP contribution in [-0.4, -0.2) is 43.4 Å². The van der Waals surface area contributed by atoms with Crippen LogP contribution in [-0.2, 0) is 6.42 Å². The zero-order chi connectivity index (χ0) is 14.0. The van der Waals surface area contributed by atoms with E-state index in [1.54, 1.807) is 0 Å². The number of aromatic amines is 1. The first-order chi connectivity index (χ1) is 8.99.